The van der Waals surface area contributed by atoms with E-state index in [9.17, 15) is 19.5 Å². The van der Waals surface area contributed by atoms with Crippen LogP contribution < -0.4 is 16.1 Å². The van der Waals surface area contributed by atoms with Crippen LogP contribution in [-0.4, -0.2) is 28.0 Å². The van der Waals surface area contributed by atoms with E-state index >= 15 is 0 Å². The summed E-state index contributed by atoms with van der Waals surface area (Å²) in [5, 5.41) is 9.35. The van der Waals surface area contributed by atoms with Crippen LogP contribution >= 0.6 is 0 Å². The summed E-state index contributed by atoms with van der Waals surface area (Å²) in [6.07, 6.45) is 0. The van der Waals surface area contributed by atoms with Gasteiger partial charge in [-0.2, -0.15) is 0 Å². The molecule has 1 aromatic heterocycles. The van der Waals surface area contributed by atoms with Crippen LogP contribution in [0.5, 0.6) is 5.75 Å². The number of hydrogen-bond donors (Lipinski definition) is 3. The number of amides is 1. The van der Waals surface area contributed by atoms with Crippen LogP contribution in [0.4, 0.5) is 5.69 Å². The molecule has 19 heavy (non-hydrogen) atoms. The lowest BCUT2D eigenvalue weighted by Crippen LogP contribution is -2.32. The first-order chi connectivity index (χ1) is 8.97. The van der Waals surface area contributed by atoms with Gasteiger partial charge in [0.15, 0.2) is 0 Å². The summed E-state index contributed by atoms with van der Waals surface area (Å²) in [5.41, 5.74) is -1.10. The molecule has 0 saturated carbocycles. The number of anilines is 1. The second-order valence-electron chi connectivity index (χ2n) is 3.89. The van der Waals surface area contributed by atoms with Crippen LogP contribution in [0.1, 0.15) is 10.5 Å². The van der Waals surface area contributed by atoms with Crippen molar-refractivity contribution in [3.63, 3.8) is 0 Å². The zero-order chi connectivity index (χ0) is 14.0. The second-order valence-corrected chi connectivity index (χ2v) is 3.89. The summed E-state index contributed by atoms with van der Waals surface area (Å²) >= 11 is 0. The molecule has 0 saturated heterocycles. The van der Waals surface area contributed by atoms with Crippen molar-refractivity contribution in [2.45, 2.75) is 0 Å². The Bertz CT molecular complexity index is 704. The predicted octanol–water partition coefficient (Wildman–Crippen LogP) is 0.0454. The molecule has 0 fully saturated rings. The number of aromatic nitrogens is 2. The molecule has 2 rings (SSSR count). The van der Waals surface area contributed by atoms with E-state index in [1.165, 1.54) is 24.1 Å². The lowest BCUT2D eigenvalue weighted by molar-refractivity contribution is 0.0987. The first kappa shape index (κ1) is 12.6. The third-order valence-corrected chi connectivity index (χ3v) is 2.51. The molecule has 7 heteroatoms. The topological polar surface area (TPSA) is 106 Å². The number of aromatic hydroxyl groups is 1. The van der Waals surface area contributed by atoms with Crippen molar-refractivity contribution in [3.8, 4) is 5.75 Å². The van der Waals surface area contributed by atoms with Crippen LogP contribution in [0, 0.1) is 0 Å². The number of benzene rings is 1. The Labute approximate surface area is 107 Å². The largest absolute Gasteiger partial charge is 0.508 e. The van der Waals surface area contributed by atoms with Gasteiger partial charge in [-0.15, -0.1) is 0 Å². The SMILES string of the molecule is CN(C(=O)c1cc(=O)[nH]c(=O)[nH]1)c1cccc(O)c1. The number of nitrogens with one attached hydrogen (secondary N) is 2. The average Bonchev–Trinajstić information content (AvgIpc) is 2.36. The van der Waals surface area contributed by atoms with Gasteiger partial charge in [-0.05, 0) is 12.1 Å². The molecule has 1 aromatic carbocycles. The molecule has 1 amide bonds. The fourth-order valence-corrected chi connectivity index (χ4v) is 1.58. The first-order valence-corrected chi connectivity index (χ1v) is 5.38. The number of H-pyrrole nitrogens is 2. The molecule has 0 spiro atoms. The maximum atomic E-state index is 12.1. The van der Waals surface area contributed by atoms with Crippen LogP contribution in [0.15, 0.2) is 39.9 Å². The molecule has 0 aliphatic heterocycles. The highest BCUT2D eigenvalue weighted by molar-refractivity contribution is 6.04. The van der Waals surface area contributed by atoms with Gasteiger partial charge in [0.05, 0.1) is 0 Å². The van der Waals surface area contributed by atoms with Crippen molar-refractivity contribution >= 4 is 11.6 Å². The third kappa shape index (κ3) is 2.71. The van der Waals surface area contributed by atoms with Crippen molar-refractivity contribution in [1.82, 2.24) is 9.97 Å². The van der Waals surface area contributed by atoms with Crippen molar-refractivity contribution in [1.29, 1.82) is 0 Å². The average molecular weight is 261 g/mol. The number of phenols is 1. The number of carbonyl (C=O) groups excluding carboxylic acids is 1. The summed E-state index contributed by atoms with van der Waals surface area (Å²) in [7, 11) is 1.47. The molecule has 2 aromatic rings. The molecule has 3 N–H and O–H groups in total. The van der Waals surface area contributed by atoms with Gasteiger partial charge in [0, 0.05) is 24.9 Å². The van der Waals surface area contributed by atoms with E-state index < -0.39 is 17.2 Å². The summed E-state index contributed by atoms with van der Waals surface area (Å²) in [4.78, 5) is 39.8. The fourth-order valence-electron chi connectivity index (χ4n) is 1.58. The van der Waals surface area contributed by atoms with Gasteiger partial charge < -0.3 is 15.0 Å². The van der Waals surface area contributed by atoms with Gasteiger partial charge in [-0.1, -0.05) is 6.07 Å². The zero-order valence-electron chi connectivity index (χ0n) is 10.0. The van der Waals surface area contributed by atoms with Crippen molar-refractivity contribution in [3.05, 3.63) is 56.9 Å². The molecular formula is C12H11N3O4. The fraction of sp³-hybridized carbons (Fsp3) is 0.0833. The lowest BCUT2D eigenvalue weighted by Gasteiger charge is -2.16. The maximum Gasteiger partial charge on any atom is 0.326 e. The Morgan fingerprint density at radius 1 is 1.21 bits per heavy atom. The molecule has 1 heterocycles. The minimum Gasteiger partial charge on any atom is -0.508 e. The standard InChI is InChI=1S/C12H11N3O4/c1-15(7-3-2-4-8(16)5-7)11(18)9-6-10(17)14-12(19)13-9/h2-6,16H,1H3,(H2,13,14,17,19). The monoisotopic (exact) mass is 261 g/mol. The molecule has 98 valence electrons. The van der Waals surface area contributed by atoms with Gasteiger partial charge in [-0.3, -0.25) is 14.6 Å². The van der Waals surface area contributed by atoms with Gasteiger partial charge in [0.1, 0.15) is 11.4 Å². The summed E-state index contributed by atoms with van der Waals surface area (Å²) in [5.74, 6) is -0.551. The number of carbonyl (C=O) groups is 1. The Kier molecular flexibility index (Phi) is 3.19. The van der Waals surface area contributed by atoms with Crippen molar-refractivity contribution in [2.24, 2.45) is 0 Å². The van der Waals surface area contributed by atoms with Crippen molar-refractivity contribution in [2.75, 3.05) is 11.9 Å². The minimum absolute atomic E-state index is 0.0107. The van der Waals surface area contributed by atoms with Gasteiger partial charge in [0.2, 0.25) is 0 Å². The molecule has 0 unspecified atom stereocenters. The Balaban J connectivity index is 2.38. The Morgan fingerprint density at radius 2 is 1.95 bits per heavy atom. The zero-order valence-corrected chi connectivity index (χ0v) is 10.0. The molecule has 0 bridgehead atoms. The smallest absolute Gasteiger partial charge is 0.326 e. The highest BCUT2D eigenvalue weighted by Crippen LogP contribution is 2.19. The van der Waals surface area contributed by atoms with Gasteiger partial charge in [0.25, 0.3) is 11.5 Å². The van der Waals surface area contributed by atoms with Crippen molar-refractivity contribution < 1.29 is 9.90 Å². The lowest BCUT2D eigenvalue weighted by atomic mass is 10.2. The van der Waals surface area contributed by atoms with Crippen LogP contribution in [0.2, 0.25) is 0 Å². The highest BCUT2D eigenvalue weighted by atomic mass is 16.3. The highest BCUT2D eigenvalue weighted by Gasteiger charge is 2.15. The number of rotatable bonds is 2. The summed E-state index contributed by atoms with van der Waals surface area (Å²) in [6, 6.07) is 7.06. The molecule has 0 radical (unpaired) electrons. The normalized spacial score (nSPS) is 10.2. The van der Waals surface area contributed by atoms with Crippen LogP contribution in [0.3, 0.4) is 0 Å². The molecule has 0 atom stereocenters. The summed E-state index contributed by atoms with van der Waals surface area (Å²) in [6.45, 7) is 0. The van der Waals surface area contributed by atoms with E-state index in [1.807, 2.05) is 4.98 Å². The number of hydrogen-bond acceptors (Lipinski definition) is 4. The van der Waals surface area contributed by atoms with Gasteiger partial charge >= 0.3 is 5.69 Å². The van der Waals surface area contributed by atoms with E-state index in [-0.39, 0.29) is 11.4 Å². The first-order valence-electron chi connectivity index (χ1n) is 5.38. The third-order valence-electron chi connectivity index (χ3n) is 2.51. The Hall–Kier alpha value is -2.83. The number of aromatic amines is 2. The quantitative estimate of drug-likeness (QED) is 0.709. The summed E-state index contributed by atoms with van der Waals surface area (Å²) < 4.78 is 0. The second kappa shape index (κ2) is 4.81. The Morgan fingerprint density at radius 3 is 2.58 bits per heavy atom. The number of nitrogens with zero attached hydrogens (tertiary/aromatic N) is 1. The van der Waals surface area contributed by atoms with Crippen LogP contribution in [-0.2, 0) is 0 Å². The number of phenolic OH excluding ortho intramolecular Hbond substituents is 1. The minimum atomic E-state index is -0.750. The predicted molar refractivity (Wildman–Crippen MR) is 68.5 cm³/mol. The molecular weight excluding hydrogens is 250 g/mol. The molecule has 0 aliphatic rings. The maximum absolute atomic E-state index is 12.1. The molecule has 7 nitrogen and oxygen atoms in total. The van der Waals surface area contributed by atoms with E-state index in [4.69, 9.17) is 0 Å². The van der Waals surface area contributed by atoms with Gasteiger partial charge in [-0.25, -0.2) is 4.79 Å². The van der Waals surface area contributed by atoms with E-state index in [0.717, 1.165) is 6.07 Å². The van der Waals surface area contributed by atoms with E-state index in [1.54, 1.807) is 12.1 Å². The van der Waals surface area contributed by atoms with E-state index in [2.05, 4.69) is 4.98 Å². The molecule has 0 aliphatic carbocycles. The van der Waals surface area contributed by atoms with Crippen LogP contribution in [0.25, 0.3) is 0 Å². The van der Waals surface area contributed by atoms with E-state index in [0.29, 0.717) is 5.69 Å².